The maximum atomic E-state index is 13.4. The largest absolute Gasteiger partial charge is 0.478 e. The molecule has 0 aliphatic heterocycles. The van der Waals surface area contributed by atoms with E-state index in [-0.39, 0.29) is 11.4 Å². The minimum atomic E-state index is -1.02. The summed E-state index contributed by atoms with van der Waals surface area (Å²) >= 11 is 6.26. The molecule has 0 saturated heterocycles. The molecule has 1 heterocycles. The van der Waals surface area contributed by atoms with Crippen LogP contribution in [-0.2, 0) is 11.3 Å². The molecule has 3 nitrogen and oxygen atoms in total. The Labute approximate surface area is 114 Å². The van der Waals surface area contributed by atoms with Gasteiger partial charge in [0.2, 0.25) is 0 Å². The second-order valence-corrected chi connectivity index (χ2v) is 4.60. The molecular weight excluding hydrogens is 269 g/mol. The van der Waals surface area contributed by atoms with Gasteiger partial charge in [0.25, 0.3) is 0 Å². The molecule has 0 aliphatic rings. The molecule has 0 atom stereocenters. The lowest BCUT2D eigenvalue weighted by Crippen LogP contribution is -1.96. The molecule has 2 rings (SSSR count). The minimum absolute atomic E-state index is 0.154. The fourth-order valence-corrected chi connectivity index (χ4v) is 2.41. The molecule has 0 unspecified atom stereocenters. The van der Waals surface area contributed by atoms with Gasteiger partial charge < -0.3 is 9.67 Å². The van der Waals surface area contributed by atoms with Crippen molar-refractivity contribution < 1.29 is 14.3 Å². The zero-order valence-corrected chi connectivity index (χ0v) is 11.3. The zero-order chi connectivity index (χ0) is 14.2. The number of carboxylic acid groups (broad SMARTS) is 1. The van der Waals surface area contributed by atoms with Crippen molar-refractivity contribution in [1.82, 2.24) is 4.57 Å². The Balaban J connectivity index is 2.79. The molecule has 0 bridgehead atoms. The van der Waals surface area contributed by atoms with E-state index in [1.807, 2.05) is 11.5 Å². The summed E-state index contributed by atoms with van der Waals surface area (Å²) in [5.74, 6) is -1.40. The summed E-state index contributed by atoms with van der Waals surface area (Å²) in [4.78, 5) is 10.9. The van der Waals surface area contributed by atoms with Gasteiger partial charge in [0.15, 0.2) is 0 Å². The number of aliphatic carboxylic acids is 1. The van der Waals surface area contributed by atoms with Crippen molar-refractivity contribution in [3.05, 3.63) is 40.3 Å². The molecular formula is C14H13ClFNO2. The first-order valence-corrected chi connectivity index (χ1v) is 6.22. The van der Waals surface area contributed by atoms with Crippen LogP contribution in [0.2, 0.25) is 5.15 Å². The number of aryl methyl sites for hydroxylation is 1. The molecule has 0 amide bonds. The standard InChI is InChI=1S/C14H13ClFNO2/c1-3-17-12-5-4-9(16)7-10(12)11(13(17)15)6-8(2)14(18)19/h4-7H,3H2,1-2H3,(H,18,19)/b8-6+. The van der Waals surface area contributed by atoms with Gasteiger partial charge in [-0.3, -0.25) is 0 Å². The number of aromatic nitrogens is 1. The number of nitrogens with zero attached hydrogens (tertiary/aromatic N) is 1. The molecule has 100 valence electrons. The molecule has 5 heteroatoms. The van der Waals surface area contributed by atoms with Crippen LogP contribution in [0.25, 0.3) is 17.0 Å². The normalized spacial score (nSPS) is 12.1. The van der Waals surface area contributed by atoms with Gasteiger partial charge in [0, 0.05) is 28.6 Å². The van der Waals surface area contributed by atoms with E-state index < -0.39 is 5.97 Å². The van der Waals surface area contributed by atoms with E-state index in [0.717, 1.165) is 5.52 Å². The van der Waals surface area contributed by atoms with Gasteiger partial charge in [0.1, 0.15) is 11.0 Å². The van der Waals surface area contributed by atoms with E-state index in [9.17, 15) is 9.18 Å². The molecule has 2 aromatic rings. The van der Waals surface area contributed by atoms with Gasteiger partial charge in [-0.2, -0.15) is 0 Å². The first-order valence-electron chi connectivity index (χ1n) is 5.84. The van der Waals surface area contributed by atoms with Crippen LogP contribution in [0, 0.1) is 5.82 Å². The Kier molecular flexibility index (Phi) is 3.62. The fourth-order valence-electron chi connectivity index (χ4n) is 2.05. The van der Waals surface area contributed by atoms with Gasteiger partial charge in [-0.1, -0.05) is 11.6 Å². The molecule has 0 spiro atoms. The quantitative estimate of drug-likeness (QED) is 0.866. The lowest BCUT2D eigenvalue weighted by Gasteiger charge is -2.01. The van der Waals surface area contributed by atoms with Crippen molar-refractivity contribution in [2.75, 3.05) is 0 Å². The molecule has 0 aliphatic carbocycles. The molecule has 0 fully saturated rings. The summed E-state index contributed by atoms with van der Waals surface area (Å²) in [6.45, 7) is 4.03. The number of rotatable bonds is 3. The van der Waals surface area contributed by atoms with Gasteiger partial charge in [-0.25, -0.2) is 9.18 Å². The predicted molar refractivity (Wildman–Crippen MR) is 73.9 cm³/mol. The number of fused-ring (bicyclic) bond motifs is 1. The first-order chi connectivity index (χ1) is 8.95. The maximum absolute atomic E-state index is 13.4. The second kappa shape index (κ2) is 5.05. The van der Waals surface area contributed by atoms with Crippen molar-refractivity contribution in [1.29, 1.82) is 0 Å². The van der Waals surface area contributed by atoms with Crippen LogP contribution in [-0.4, -0.2) is 15.6 Å². The van der Waals surface area contributed by atoms with Crippen molar-refractivity contribution in [3.63, 3.8) is 0 Å². The second-order valence-electron chi connectivity index (χ2n) is 4.24. The van der Waals surface area contributed by atoms with E-state index in [1.165, 1.54) is 25.1 Å². The summed E-state index contributed by atoms with van der Waals surface area (Å²) in [6, 6.07) is 4.38. The summed E-state index contributed by atoms with van der Waals surface area (Å²) < 4.78 is 15.2. The summed E-state index contributed by atoms with van der Waals surface area (Å²) in [6.07, 6.45) is 1.47. The average Bonchev–Trinajstić information content (AvgIpc) is 2.61. The van der Waals surface area contributed by atoms with Crippen LogP contribution in [0.4, 0.5) is 4.39 Å². The molecule has 1 N–H and O–H groups in total. The topological polar surface area (TPSA) is 42.2 Å². The van der Waals surface area contributed by atoms with Crippen LogP contribution in [0.5, 0.6) is 0 Å². The van der Waals surface area contributed by atoms with Gasteiger partial charge in [0.05, 0.1) is 0 Å². The molecule has 1 aromatic heterocycles. The monoisotopic (exact) mass is 281 g/mol. The Morgan fingerprint density at radius 2 is 2.21 bits per heavy atom. The highest BCUT2D eigenvalue weighted by Crippen LogP contribution is 2.32. The van der Waals surface area contributed by atoms with Crippen LogP contribution in [0.3, 0.4) is 0 Å². The van der Waals surface area contributed by atoms with E-state index in [2.05, 4.69) is 0 Å². The lowest BCUT2D eigenvalue weighted by atomic mass is 10.1. The number of benzene rings is 1. The van der Waals surface area contributed by atoms with Crippen molar-refractivity contribution in [2.24, 2.45) is 0 Å². The number of halogens is 2. The van der Waals surface area contributed by atoms with Crippen molar-refractivity contribution in [2.45, 2.75) is 20.4 Å². The highest BCUT2D eigenvalue weighted by Gasteiger charge is 2.15. The summed E-state index contributed by atoms with van der Waals surface area (Å²) in [5.41, 5.74) is 1.48. The zero-order valence-electron chi connectivity index (χ0n) is 10.6. The van der Waals surface area contributed by atoms with E-state index in [1.54, 1.807) is 6.07 Å². The Morgan fingerprint density at radius 1 is 1.53 bits per heavy atom. The van der Waals surface area contributed by atoms with Crippen LogP contribution < -0.4 is 0 Å². The molecule has 19 heavy (non-hydrogen) atoms. The predicted octanol–water partition coefficient (Wildman–Crippen LogP) is 3.94. The Bertz CT molecular complexity index is 688. The third-order valence-electron chi connectivity index (χ3n) is 3.01. The highest BCUT2D eigenvalue weighted by atomic mass is 35.5. The van der Waals surface area contributed by atoms with Crippen LogP contribution in [0.15, 0.2) is 23.8 Å². The van der Waals surface area contributed by atoms with Crippen LogP contribution in [0.1, 0.15) is 19.4 Å². The third kappa shape index (κ3) is 2.36. The number of carbonyl (C=O) groups is 1. The molecule has 1 aromatic carbocycles. The lowest BCUT2D eigenvalue weighted by molar-refractivity contribution is -0.132. The number of hydrogen-bond acceptors (Lipinski definition) is 1. The Morgan fingerprint density at radius 3 is 2.79 bits per heavy atom. The van der Waals surface area contributed by atoms with E-state index in [0.29, 0.717) is 22.6 Å². The van der Waals surface area contributed by atoms with Crippen molar-refractivity contribution >= 4 is 34.5 Å². The van der Waals surface area contributed by atoms with Crippen LogP contribution >= 0.6 is 11.6 Å². The van der Waals surface area contributed by atoms with Gasteiger partial charge in [-0.15, -0.1) is 0 Å². The number of carboxylic acids is 1. The average molecular weight is 282 g/mol. The fraction of sp³-hybridized carbons (Fsp3) is 0.214. The van der Waals surface area contributed by atoms with E-state index in [4.69, 9.17) is 16.7 Å². The Hall–Kier alpha value is -1.81. The summed E-state index contributed by atoms with van der Waals surface area (Å²) in [7, 11) is 0. The minimum Gasteiger partial charge on any atom is -0.478 e. The smallest absolute Gasteiger partial charge is 0.331 e. The summed E-state index contributed by atoms with van der Waals surface area (Å²) in [5, 5.41) is 9.97. The maximum Gasteiger partial charge on any atom is 0.331 e. The first kappa shape index (κ1) is 13.6. The SMILES string of the molecule is CCn1c(Cl)c(/C=C(\C)C(=O)O)c2cc(F)ccc21. The highest BCUT2D eigenvalue weighted by molar-refractivity contribution is 6.33. The third-order valence-corrected chi connectivity index (χ3v) is 3.42. The van der Waals surface area contributed by atoms with Gasteiger partial charge in [-0.05, 0) is 38.1 Å². The van der Waals surface area contributed by atoms with Crippen molar-refractivity contribution in [3.8, 4) is 0 Å². The molecule has 0 saturated carbocycles. The van der Waals surface area contributed by atoms with Gasteiger partial charge >= 0.3 is 5.97 Å². The number of hydrogen-bond donors (Lipinski definition) is 1. The molecule has 0 radical (unpaired) electrons. The van der Waals surface area contributed by atoms with E-state index >= 15 is 0 Å².